The first-order valence-corrected chi connectivity index (χ1v) is 19.9. The minimum absolute atomic E-state index is 0.0534. The van der Waals surface area contributed by atoms with Gasteiger partial charge in [0.15, 0.2) is 0 Å². The fraction of sp³-hybridized carbons (Fsp3) is 0.950. The number of ether oxygens (including phenoxy) is 2. The molecular formula is C40H81NO5. The smallest absolute Gasteiger partial charge is 0.306 e. The van der Waals surface area contributed by atoms with Gasteiger partial charge in [-0.1, -0.05) is 124 Å². The molecule has 0 radical (unpaired) electrons. The molecule has 0 fully saturated rings. The Balaban J connectivity index is 0. The molecule has 1 N–H and O–H groups in total. The first-order valence-electron chi connectivity index (χ1n) is 19.9. The van der Waals surface area contributed by atoms with Gasteiger partial charge in [-0.3, -0.25) is 4.79 Å². The zero-order valence-corrected chi connectivity index (χ0v) is 31.7. The molecule has 0 aliphatic rings. The lowest BCUT2D eigenvalue weighted by atomic mass is 9.96. The number of rotatable bonds is 35. The van der Waals surface area contributed by atoms with E-state index in [0.29, 0.717) is 12.8 Å². The van der Waals surface area contributed by atoms with Crippen molar-refractivity contribution in [2.24, 2.45) is 5.92 Å². The van der Waals surface area contributed by atoms with Crippen LogP contribution in [0.4, 0.5) is 0 Å². The average molecular weight is 656 g/mol. The second-order valence-corrected chi connectivity index (χ2v) is 13.7. The molecule has 2 unspecified atom stereocenters. The van der Waals surface area contributed by atoms with Crippen molar-refractivity contribution in [3.8, 4) is 0 Å². The zero-order chi connectivity index (χ0) is 34.4. The fourth-order valence-electron chi connectivity index (χ4n) is 5.99. The molecule has 0 aliphatic carbocycles. The van der Waals surface area contributed by atoms with Crippen LogP contribution in [-0.4, -0.2) is 68.8 Å². The summed E-state index contributed by atoms with van der Waals surface area (Å²) in [5.41, 5.74) is 0. The molecule has 0 aliphatic heterocycles. The summed E-state index contributed by atoms with van der Waals surface area (Å²) < 4.78 is 11.1. The third-order valence-corrected chi connectivity index (χ3v) is 8.98. The van der Waals surface area contributed by atoms with E-state index in [0.717, 1.165) is 83.3 Å². The van der Waals surface area contributed by atoms with E-state index in [1.165, 1.54) is 109 Å². The van der Waals surface area contributed by atoms with E-state index in [4.69, 9.17) is 14.6 Å². The first kappa shape index (κ1) is 47.1. The van der Waals surface area contributed by atoms with Crippen molar-refractivity contribution in [1.82, 2.24) is 4.90 Å². The van der Waals surface area contributed by atoms with E-state index in [1.54, 1.807) is 0 Å². The summed E-state index contributed by atoms with van der Waals surface area (Å²) >= 11 is 0. The van der Waals surface area contributed by atoms with Gasteiger partial charge in [-0.05, 0) is 77.3 Å². The van der Waals surface area contributed by atoms with Gasteiger partial charge >= 0.3 is 5.97 Å². The summed E-state index contributed by atoms with van der Waals surface area (Å²) in [6.45, 7) is 9.68. The highest BCUT2D eigenvalue weighted by Gasteiger charge is 2.14. The van der Waals surface area contributed by atoms with Crippen molar-refractivity contribution in [1.29, 1.82) is 0 Å². The molecule has 0 saturated heterocycles. The summed E-state index contributed by atoms with van der Waals surface area (Å²) in [4.78, 5) is 24.9. The van der Waals surface area contributed by atoms with Crippen molar-refractivity contribution in [2.75, 3.05) is 40.5 Å². The van der Waals surface area contributed by atoms with Crippen molar-refractivity contribution in [3.05, 3.63) is 0 Å². The highest BCUT2D eigenvalue weighted by molar-refractivity contribution is 5.69. The lowest BCUT2D eigenvalue weighted by molar-refractivity contribution is -0.150. The van der Waals surface area contributed by atoms with Crippen LogP contribution < -0.4 is 0 Å². The molecule has 0 aromatic heterocycles. The number of esters is 1. The maximum atomic E-state index is 12.4. The number of hydrogen-bond acceptors (Lipinski definition) is 6. The molecule has 46 heavy (non-hydrogen) atoms. The zero-order valence-electron chi connectivity index (χ0n) is 31.7. The van der Waals surface area contributed by atoms with Crippen molar-refractivity contribution in [2.45, 2.75) is 200 Å². The van der Waals surface area contributed by atoms with Gasteiger partial charge < -0.3 is 24.3 Å². The quantitative estimate of drug-likeness (QED) is 0.0416. The monoisotopic (exact) mass is 656 g/mol. The molecule has 0 saturated carbocycles. The topological polar surface area (TPSA) is 76.1 Å². The Bertz CT molecular complexity index is 602. The lowest BCUT2D eigenvalue weighted by Gasteiger charge is -2.19. The van der Waals surface area contributed by atoms with Crippen LogP contribution in [0.2, 0.25) is 0 Å². The van der Waals surface area contributed by atoms with Gasteiger partial charge in [0.05, 0.1) is 0 Å². The molecule has 0 bridgehead atoms. The molecule has 2 atom stereocenters. The Morgan fingerprint density at radius 3 is 1.67 bits per heavy atom. The summed E-state index contributed by atoms with van der Waals surface area (Å²) in [7, 11) is 3.86. The lowest BCUT2D eigenvalue weighted by Crippen LogP contribution is -2.23. The summed E-state index contributed by atoms with van der Waals surface area (Å²) in [5, 5.41) is 8.91. The highest BCUT2D eigenvalue weighted by atomic mass is 16.5. The molecular weight excluding hydrogens is 574 g/mol. The molecule has 276 valence electrons. The van der Waals surface area contributed by atoms with Gasteiger partial charge in [-0.15, -0.1) is 0 Å². The largest absolute Gasteiger partial charge is 0.462 e. The number of unbranched alkanes of at least 4 members (excludes halogenated alkanes) is 16. The Labute approximate surface area is 287 Å². The number of carbonyl (C=O) groups excluding carboxylic acids is 2. The van der Waals surface area contributed by atoms with E-state index in [9.17, 15) is 9.59 Å². The van der Waals surface area contributed by atoms with Gasteiger partial charge in [-0.25, -0.2) is 0 Å². The highest BCUT2D eigenvalue weighted by Crippen LogP contribution is 2.19. The Kier molecular flexibility index (Phi) is 41.2. The fourth-order valence-corrected chi connectivity index (χ4v) is 5.99. The van der Waals surface area contributed by atoms with Crippen molar-refractivity contribution >= 4 is 12.3 Å². The second kappa shape index (κ2) is 40.2. The van der Waals surface area contributed by atoms with Crippen molar-refractivity contribution < 1.29 is 24.2 Å². The first-order chi connectivity index (χ1) is 22.5. The Hall–Kier alpha value is -0.980. The Morgan fingerprint density at radius 2 is 1.13 bits per heavy atom. The van der Waals surface area contributed by atoms with Crippen LogP contribution in [0.1, 0.15) is 194 Å². The Morgan fingerprint density at radius 1 is 0.652 bits per heavy atom. The molecule has 0 heterocycles. The number of carbonyl (C=O) groups is 2. The number of aliphatic hydroxyl groups excluding tert-OH is 1. The van der Waals surface area contributed by atoms with Crippen LogP contribution in [0.3, 0.4) is 0 Å². The van der Waals surface area contributed by atoms with E-state index >= 15 is 0 Å². The van der Waals surface area contributed by atoms with Crippen LogP contribution in [0.5, 0.6) is 0 Å². The molecule has 6 heteroatoms. The molecule has 0 aromatic rings. The summed E-state index contributed by atoms with van der Waals surface area (Å²) in [6.07, 6.45) is 32.6. The van der Waals surface area contributed by atoms with Crippen molar-refractivity contribution in [3.63, 3.8) is 0 Å². The van der Waals surface area contributed by atoms with E-state index in [-0.39, 0.29) is 18.7 Å². The standard InChI is InChI=1S/C27H53NO4.C13H28O/c1-3-4-5-6-8-11-14-19-26(20-15-12-9-7-10-13-16-24-29)32-27(31)21-17-22-28(2)23-18-25-30;1-4-6-8-9-11-13(12-14-3)10-7-5-2/h24,26,30H,3-23,25H2,1-2H3;13H,4-12H2,1-3H3. The second-order valence-electron chi connectivity index (χ2n) is 13.7. The number of aliphatic hydroxyl groups is 1. The van der Waals surface area contributed by atoms with Crippen LogP contribution in [-0.2, 0) is 19.1 Å². The van der Waals surface area contributed by atoms with Gasteiger partial charge in [0.2, 0.25) is 0 Å². The maximum Gasteiger partial charge on any atom is 0.306 e. The minimum atomic E-state index is -0.0534. The van der Waals surface area contributed by atoms with E-state index in [1.807, 2.05) is 14.2 Å². The number of hydrogen-bond donors (Lipinski definition) is 1. The maximum absolute atomic E-state index is 12.4. The third-order valence-electron chi connectivity index (χ3n) is 8.98. The van der Waals surface area contributed by atoms with Crippen LogP contribution in [0.15, 0.2) is 0 Å². The number of aldehydes is 1. The van der Waals surface area contributed by atoms with Gasteiger partial charge in [0.25, 0.3) is 0 Å². The summed E-state index contributed by atoms with van der Waals surface area (Å²) in [5.74, 6) is 0.763. The van der Waals surface area contributed by atoms with Gasteiger partial charge in [0.1, 0.15) is 12.4 Å². The molecule has 6 nitrogen and oxygen atoms in total. The van der Waals surface area contributed by atoms with Gasteiger partial charge in [-0.2, -0.15) is 0 Å². The van der Waals surface area contributed by atoms with Gasteiger partial charge in [0, 0.05) is 39.7 Å². The SMILES string of the molecule is CCCCCCC(CCCC)COC.CCCCCCCCCC(CCCCCCCCC=O)OC(=O)CCCN(C)CCCO. The predicted molar refractivity (Wildman–Crippen MR) is 198 cm³/mol. The molecule has 0 aromatic carbocycles. The van der Waals surface area contributed by atoms with E-state index in [2.05, 4.69) is 25.7 Å². The average Bonchev–Trinajstić information content (AvgIpc) is 3.05. The normalized spacial score (nSPS) is 12.5. The molecule has 0 rings (SSSR count). The number of nitrogens with zero attached hydrogens (tertiary/aromatic N) is 1. The van der Waals surface area contributed by atoms with E-state index < -0.39 is 0 Å². The summed E-state index contributed by atoms with van der Waals surface area (Å²) in [6, 6.07) is 0. The third kappa shape index (κ3) is 37.5. The minimum Gasteiger partial charge on any atom is -0.462 e. The van der Waals surface area contributed by atoms with Crippen LogP contribution in [0, 0.1) is 5.92 Å². The predicted octanol–water partition coefficient (Wildman–Crippen LogP) is 10.9. The molecule has 0 amide bonds. The van der Waals surface area contributed by atoms with Crippen LogP contribution >= 0.6 is 0 Å². The number of methoxy groups -OCH3 is 1. The van der Waals surface area contributed by atoms with Crippen LogP contribution in [0.25, 0.3) is 0 Å². The molecule has 0 spiro atoms.